The zero-order valence-corrected chi connectivity index (χ0v) is 16.4. The Kier molecular flexibility index (Phi) is 4.94. The van der Waals surface area contributed by atoms with E-state index < -0.39 is 0 Å². The van der Waals surface area contributed by atoms with Crippen molar-refractivity contribution in [1.82, 2.24) is 9.55 Å². The van der Waals surface area contributed by atoms with Gasteiger partial charge in [0.15, 0.2) is 0 Å². The number of nitrogens with one attached hydrogen (secondary N) is 1. The van der Waals surface area contributed by atoms with Gasteiger partial charge in [-0.25, -0.2) is 4.98 Å². The Labute approximate surface area is 170 Å². The van der Waals surface area contributed by atoms with Crippen LogP contribution in [0.1, 0.15) is 26.4 Å². The second kappa shape index (κ2) is 7.70. The molecule has 0 aliphatic heterocycles. The van der Waals surface area contributed by atoms with Gasteiger partial charge in [0.1, 0.15) is 4.83 Å². The third-order valence-electron chi connectivity index (χ3n) is 4.63. The summed E-state index contributed by atoms with van der Waals surface area (Å²) in [5.41, 5.74) is 2.33. The van der Waals surface area contributed by atoms with Crippen molar-refractivity contribution in [2.75, 3.05) is 5.32 Å². The van der Waals surface area contributed by atoms with E-state index in [-0.39, 0.29) is 18.0 Å². The number of nitrogens with zero attached hydrogens (tertiary/aromatic N) is 3. The molecule has 7 heteroatoms. The summed E-state index contributed by atoms with van der Waals surface area (Å²) < 4.78 is 1.47. The molecule has 29 heavy (non-hydrogen) atoms. The maximum Gasteiger partial charge on any atom is 0.266 e. The monoisotopic (exact) mass is 400 g/mol. The summed E-state index contributed by atoms with van der Waals surface area (Å²) in [6, 6.07) is 18.4. The second-order valence-electron chi connectivity index (χ2n) is 6.50. The molecule has 2 heterocycles. The molecule has 4 rings (SSSR count). The largest absolute Gasteiger partial charge is 0.321 e. The minimum atomic E-state index is -0.266. The molecule has 0 aliphatic rings. The van der Waals surface area contributed by atoms with Crippen LogP contribution in [0.2, 0.25) is 0 Å². The summed E-state index contributed by atoms with van der Waals surface area (Å²) in [4.78, 5) is 31.1. The predicted molar refractivity (Wildman–Crippen MR) is 113 cm³/mol. The lowest BCUT2D eigenvalue weighted by Gasteiger charge is -2.07. The Bertz CT molecular complexity index is 1320. The molecule has 0 aliphatic carbocycles. The van der Waals surface area contributed by atoms with Crippen LogP contribution in [0.25, 0.3) is 10.2 Å². The van der Waals surface area contributed by atoms with Crippen molar-refractivity contribution in [3.8, 4) is 6.07 Å². The summed E-state index contributed by atoms with van der Waals surface area (Å²) in [7, 11) is 0. The van der Waals surface area contributed by atoms with E-state index in [2.05, 4.69) is 16.4 Å². The molecule has 1 amide bonds. The lowest BCUT2D eigenvalue weighted by Crippen LogP contribution is -2.21. The SMILES string of the molecule is Cc1c(C(=O)Nc2ccccc2)sc2ncn(Cc3ccccc3C#N)c(=O)c12. The van der Waals surface area contributed by atoms with E-state index in [1.54, 1.807) is 31.2 Å². The molecule has 0 bridgehead atoms. The van der Waals surface area contributed by atoms with Gasteiger partial charge in [0.05, 0.1) is 34.8 Å². The van der Waals surface area contributed by atoms with Crippen molar-refractivity contribution < 1.29 is 4.79 Å². The van der Waals surface area contributed by atoms with Crippen molar-refractivity contribution in [3.63, 3.8) is 0 Å². The fourth-order valence-electron chi connectivity index (χ4n) is 3.15. The number of carbonyl (C=O) groups is 1. The molecule has 0 unspecified atom stereocenters. The molecule has 6 nitrogen and oxygen atoms in total. The van der Waals surface area contributed by atoms with Crippen LogP contribution < -0.4 is 10.9 Å². The van der Waals surface area contributed by atoms with Crippen LogP contribution in [0.5, 0.6) is 0 Å². The fraction of sp³-hybridized carbons (Fsp3) is 0.0909. The number of para-hydroxylation sites is 1. The van der Waals surface area contributed by atoms with Crippen LogP contribution in [-0.4, -0.2) is 15.5 Å². The van der Waals surface area contributed by atoms with Gasteiger partial charge in [-0.15, -0.1) is 11.3 Å². The van der Waals surface area contributed by atoms with Crippen molar-refractivity contribution in [2.24, 2.45) is 0 Å². The highest BCUT2D eigenvalue weighted by Crippen LogP contribution is 2.27. The summed E-state index contributed by atoms with van der Waals surface area (Å²) in [5, 5.41) is 12.6. The van der Waals surface area contributed by atoms with Gasteiger partial charge in [-0.05, 0) is 36.2 Å². The summed E-state index contributed by atoms with van der Waals surface area (Å²) in [6.07, 6.45) is 1.47. The quantitative estimate of drug-likeness (QED) is 0.562. The molecule has 0 spiro atoms. The highest BCUT2D eigenvalue weighted by atomic mass is 32.1. The van der Waals surface area contributed by atoms with Crippen LogP contribution in [0.3, 0.4) is 0 Å². The summed E-state index contributed by atoms with van der Waals surface area (Å²) in [5.74, 6) is -0.266. The first-order valence-electron chi connectivity index (χ1n) is 8.91. The number of aromatic nitrogens is 2. The van der Waals surface area contributed by atoms with E-state index in [1.165, 1.54) is 22.2 Å². The van der Waals surface area contributed by atoms with Crippen LogP contribution in [0.4, 0.5) is 5.69 Å². The Morgan fingerprint density at radius 3 is 2.66 bits per heavy atom. The number of anilines is 1. The molecular formula is C22H16N4O2S. The highest BCUT2D eigenvalue weighted by Gasteiger charge is 2.20. The molecule has 0 saturated heterocycles. The molecular weight excluding hydrogens is 384 g/mol. The highest BCUT2D eigenvalue weighted by molar-refractivity contribution is 7.20. The van der Waals surface area contributed by atoms with Gasteiger partial charge in [0.25, 0.3) is 11.5 Å². The maximum atomic E-state index is 13.1. The molecule has 0 radical (unpaired) electrons. The number of thiophene rings is 1. The average Bonchev–Trinajstić information content (AvgIpc) is 3.08. The molecule has 0 atom stereocenters. The number of fused-ring (bicyclic) bond motifs is 1. The van der Waals surface area contributed by atoms with E-state index in [9.17, 15) is 14.9 Å². The number of aryl methyl sites for hydroxylation is 1. The van der Waals surface area contributed by atoms with Crippen molar-refractivity contribution in [2.45, 2.75) is 13.5 Å². The number of benzene rings is 2. The maximum absolute atomic E-state index is 13.1. The van der Waals surface area contributed by atoms with Gasteiger partial charge in [-0.2, -0.15) is 5.26 Å². The first kappa shape index (κ1) is 18.6. The Morgan fingerprint density at radius 2 is 1.90 bits per heavy atom. The van der Waals surface area contributed by atoms with Crippen molar-refractivity contribution in [3.05, 3.63) is 92.8 Å². The molecule has 142 valence electrons. The van der Waals surface area contributed by atoms with E-state index in [0.717, 1.165) is 5.56 Å². The third-order valence-corrected chi connectivity index (χ3v) is 5.83. The van der Waals surface area contributed by atoms with E-state index >= 15 is 0 Å². The Balaban J connectivity index is 1.72. The second-order valence-corrected chi connectivity index (χ2v) is 7.50. The van der Waals surface area contributed by atoms with E-state index in [4.69, 9.17) is 0 Å². The fourth-order valence-corrected chi connectivity index (χ4v) is 4.18. The molecule has 0 fully saturated rings. The number of nitriles is 1. The lowest BCUT2D eigenvalue weighted by molar-refractivity contribution is 0.103. The first-order valence-corrected chi connectivity index (χ1v) is 9.73. The average molecular weight is 400 g/mol. The first-order chi connectivity index (χ1) is 14.1. The van der Waals surface area contributed by atoms with Crippen molar-refractivity contribution >= 4 is 33.1 Å². The lowest BCUT2D eigenvalue weighted by atomic mass is 10.1. The molecule has 4 aromatic rings. The smallest absolute Gasteiger partial charge is 0.266 e. The standard InChI is InChI=1S/C22H16N4O2S/c1-14-18-21(29-19(14)20(27)25-17-9-3-2-4-10-17)24-13-26(22(18)28)12-16-8-6-5-7-15(16)11-23/h2-10,13H,12H2,1H3,(H,25,27). The Morgan fingerprint density at radius 1 is 1.17 bits per heavy atom. The van der Waals surface area contributed by atoms with Gasteiger partial charge >= 0.3 is 0 Å². The normalized spacial score (nSPS) is 10.6. The molecule has 2 aromatic carbocycles. The van der Waals surface area contributed by atoms with E-state index in [0.29, 0.717) is 31.9 Å². The zero-order valence-electron chi connectivity index (χ0n) is 15.5. The summed E-state index contributed by atoms with van der Waals surface area (Å²) >= 11 is 1.20. The molecule has 2 aromatic heterocycles. The molecule has 1 N–H and O–H groups in total. The van der Waals surface area contributed by atoms with Crippen LogP contribution in [0, 0.1) is 18.3 Å². The number of hydrogen-bond donors (Lipinski definition) is 1. The minimum Gasteiger partial charge on any atom is -0.321 e. The zero-order chi connectivity index (χ0) is 20.4. The van der Waals surface area contributed by atoms with Crippen LogP contribution >= 0.6 is 11.3 Å². The summed E-state index contributed by atoms with van der Waals surface area (Å²) in [6.45, 7) is 2.00. The van der Waals surface area contributed by atoms with Crippen molar-refractivity contribution in [1.29, 1.82) is 5.26 Å². The van der Waals surface area contributed by atoms with Gasteiger partial charge in [-0.1, -0.05) is 36.4 Å². The van der Waals surface area contributed by atoms with Gasteiger partial charge < -0.3 is 5.32 Å². The van der Waals surface area contributed by atoms with Gasteiger partial charge in [0.2, 0.25) is 0 Å². The van der Waals surface area contributed by atoms with Gasteiger partial charge in [0, 0.05) is 5.69 Å². The molecule has 0 saturated carbocycles. The van der Waals surface area contributed by atoms with Crippen LogP contribution in [0.15, 0.2) is 65.7 Å². The third kappa shape index (κ3) is 3.53. The topological polar surface area (TPSA) is 87.8 Å². The van der Waals surface area contributed by atoms with Crippen LogP contribution in [-0.2, 0) is 6.54 Å². The van der Waals surface area contributed by atoms with E-state index in [1.807, 2.05) is 30.3 Å². The minimum absolute atomic E-state index is 0.227. The number of amides is 1. The predicted octanol–water partition coefficient (Wildman–Crippen LogP) is 3.94. The number of carbonyl (C=O) groups excluding carboxylic acids is 1. The number of hydrogen-bond acceptors (Lipinski definition) is 5. The van der Waals surface area contributed by atoms with Gasteiger partial charge in [-0.3, -0.25) is 14.2 Å². The number of rotatable bonds is 4. The Hall–Kier alpha value is -3.76.